The number of nitrogens with one attached hydrogen (secondary N) is 2. The Labute approximate surface area is 105 Å². The van der Waals surface area contributed by atoms with Crippen molar-refractivity contribution in [3.05, 3.63) is 30.9 Å². The molecule has 4 N–H and O–H groups in total. The lowest BCUT2D eigenvalue weighted by molar-refractivity contribution is 0.492. The maximum atomic E-state index is 5.99. The topological polar surface area (TPSA) is 92.0 Å². The van der Waals surface area contributed by atoms with Crippen LogP contribution >= 0.6 is 0 Å². The summed E-state index contributed by atoms with van der Waals surface area (Å²) in [5.74, 6) is 1.12. The van der Waals surface area contributed by atoms with Gasteiger partial charge < -0.3 is 16.5 Å². The monoisotopic (exact) mass is 245 g/mol. The van der Waals surface area contributed by atoms with E-state index in [1.807, 2.05) is 26.2 Å². The van der Waals surface area contributed by atoms with Gasteiger partial charge in [-0.2, -0.15) is 0 Å². The summed E-state index contributed by atoms with van der Waals surface area (Å²) in [5.41, 5.74) is 10.3. The Morgan fingerprint density at radius 2 is 1.78 bits per heavy atom. The molecule has 0 bridgehead atoms. The van der Waals surface area contributed by atoms with E-state index < -0.39 is 0 Å². The smallest absolute Gasteiger partial charge is 0.169 e. The Morgan fingerprint density at radius 3 is 2.44 bits per heavy atom. The van der Waals surface area contributed by atoms with Crippen molar-refractivity contribution in [3.8, 4) is 0 Å². The summed E-state index contributed by atoms with van der Waals surface area (Å²) < 4.78 is 0. The molecule has 2 rings (SSSR count). The summed E-state index contributed by atoms with van der Waals surface area (Å²) in [4.78, 5) is 12.1. The lowest BCUT2D eigenvalue weighted by Gasteiger charge is -2.16. The van der Waals surface area contributed by atoms with Crippen LogP contribution in [0.2, 0.25) is 0 Å². The molecule has 0 aliphatic carbocycles. The second kappa shape index (κ2) is 5.28. The molecule has 0 aliphatic rings. The van der Waals surface area contributed by atoms with Crippen LogP contribution in [-0.4, -0.2) is 34.1 Å². The normalized spacial score (nSPS) is 10.4. The van der Waals surface area contributed by atoms with E-state index in [-0.39, 0.29) is 0 Å². The Kier molecular flexibility index (Phi) is 3.54. The highest BCUT2D eigenvalue weighted by molar-refractivity contribution is 5.77. The van der Waals surface area contributed by atoms with Gasteiger partial charge in [0.15, 0.2) is 11.6 Å². The fraction of sp³-hybridized carbons (Fsp3) is 0.182. The molecule has 0 atom stereocenters. The predicted molar refractivity (Wildman–Crippen MR) is 71.3 cm³/mol. The first-order chi connectivity index (χ1) is 8.66. The molecule has 94 valence electrons. The minimum Gasteiger partial charge on any atom is -0.393 e. The first-order valence-electron chi connectivity index (χ1n) is 5.38. The predicted octanol–water partition coefficient (Wildman–Crippen LogP) is 1.09. The van der Waals surface area contributed by atoms with Gasteiger partial charge in [-0.3, -0.25) is 4.98 Å². The fourth-order valence-corrected chi connectivity index (χ4v) is 1.37. The van der Waals surface area contributed by atoms with E-state index in [1.54, 1.807) is 17.4 Å². The van der Waals surface area contributed by atoms with Crippen molar-refractivity contribution in [2.45, 2.75) is 0 Å². The SMILES string of the molecule is CN(C)Nc1ncnc(Nc2ccncc2)c1N. The Morgan fingerprint density at radius 1 is 1.11 bits per heavy atom. The van der Waals surface area contributed by atoms with Gasteiger partial charge in [-0.25, -0.2) is 15.0 Å². The minimum absolute atomic E-state index is 0.461. The van der Waals surface area contributed by atoms with Crippen LogP contribution in [0.3, 0.4) is 0 Å². The molecule has 0 saturated carbocycles. The summed E-state index contributed by atoms with van der Waals surface area (Å²) in [6.45, 7) is 0. The zero-order valence-corrected chi connectivity index (χ0v) is 10.3. The van der Waals surface area contributed by atoms with Crippen molar-refractivity contribution >= 4 is 23.0 Å². The van der Waals surface area contributed by atoms with Crippen LogP contribution in [0.4, 0.5) is 23.0 Å². The third-order valence-corrected chi connectivity index (χ3v) is 2.16. The van der Waals surface area contributed by atoms with E-state index in [9.17, 15) is 0 Å². The summed E-state index contributed by atoms with van der Waals surface area (Å²) >= 11 is 0. The van der Waals surface area contributed by atoms with Crippen molar-refractivity contribution in [2.24, 2.45) is 0 Å². The van der Waals surface area contributed by atoms with Crippen molar-refractivity contribution < 1.29 is 0 Å². The lowest BCUT2D eigenvalue weighted by Crippen LogP contribution is -2.21. The number of nitrogens with two attached hydrogens (primary N) is 1. The Hall–Kier alpha value is -2.41. The van der Waals surface area contributed by atoms with Crippen molar-refractivity contribution in [1.29, 1.82) is 0 Å². The standard InChI is InChI=1S/C11H15N7/c1-18(2)17-11-9(12)10(14-7-15-11)16-8-3-5-13-6-4-8/h3-7H,12H2,1-2H3,(H2,13,14,15,16,17). The van der Waals surface area contributed by atoms with E-state index in [0.717, 1.165) is 5.69 Å². The second-order valence-electron chi connectivity index (χ2n) is 3.85. The number of hydrogen-bond acceptors (Lipinski definition) is 7. The Balaban J connectivity index is 2.23. The molecule has 0 fully saturated rings. The molecule has 7 heteroatoms. The number of anilines is 4. The van der Waals surface area contributed by atoms with E-state index in [1.165, 1.54) is 6.33 Å². The third-order valence-electron chi connectivity index (χ3n) is 2.16. The highest BCUT2D eigenvalue weighted by Crippen LogP contribution is 2.25. The first-order valence-corrected chi connectivity index (χ1v) is 5.38. The van der Waals surface area contributed by atoms with Crippen LogP contribution in [-0.2, 0) is 0 Å². The lowest BCUT2D eigenvalue weighted by atomic mass is 10.3. The van der Waals surface area contributed by atoms with E-state index >= 15 is 0 Å². The summed E-state index contributed by atoms with van der Waals surface area (Å²) in [6.07, 6.45) is 4.84. The largest absolute Gasteiger partial charge is 0.393 e. The zero-order chi connectivity index (χ0) is 13.0. The molecular formula is C11H15N7. The molecule has 0 radical (unpaired) electrons. The minimum atomic E-state index is 0.461. The maximum Gasteiger partial charge on any atom is 0.169 e. The van der Waals surface area contributed by atoms with Gasteiger partial charge in [0.25, 0.3) is 0 Å². The number of nitrogen functional groups attached to an aromatic ring is 1. The number of hydrogen-bond donors (Lipinski definition) is 3. The van der Waals surface area contributed by atoms with Crippen LogP contribution in [0, 0.1) is 0 Å². The highest BCUT2D eigenvalue weighted by Gasteiger charge is 2.08. The quantitative estimate of drug-likeness (QED) is 0.694. The van der Waals surface area contributed by atoms with Gasteiger partial charge in [0.1, 0.15) is 12.0 Å². The van der Waals surface area contributed by atoms with Crippen LogP contribution < -0.4 is 16.5 Å². The molecule has 0 spiro atoms. The van der Waals surface area contributed by atoms with E-state index in [2.05, 4.69) is 25.7 Å². The molecule has 0 saturated heterocycles. The van der Waals surface area contributed by atoms with Crippen LogP contribution in [0.25, 0.3) is 0 Å². The third kappa shape index (κ3) is 2.83. The molecule has 0 aliphatic heterocycles. The van der Waals surface area contributed by atoms with Gasteiger partial charge >= 0.3 is 0 Å². The molecule has 0 amide bonds. The van der Waals surface area contributed by atoms with Gasteiger partial charge in [-0.15, -0.1) is 0 Å². The zero-order valence-electron chi connectivity index (χ0n) is 10.3. The Bertz CT molecular complexity index is 512. The average Bonchev–Trinajstić information content (AvgIpc) is 2.35. The summed E-state index contributed by atoms with van der Waals surface area (Å²) in [5, 5.41) is 4.87. The van der Waals surface area contributed by atoms with Gasteiger partial charge in [0.05, 0.1) is 0 Å². The van der Waals surface area contributed by atoms with Gasteiger partial charge in [0.2, 0.25) is 0 Å². The molecule has 2 heterocycles. The van der Waals surface area contributed by atoms with E-state index in [0.29, 0.717) is 17.3 Å². The number of nitrogens with zero attached hydrogens (tertiary/aromatic N) is 4. The van der Waals surface area contributed by atoms with E-state index in [4.69, 9.17) is 5.73 Å². The molecule has 0 aromatic carbocycles. The van der Waals surface area contributed by atoms with Crippen LogP contribution in [0.15, 0.2) is 30.9 Å². The second-order valence-corrected chi connectivity index (χ2v) is 3.85. The fourth-order valence-electron chi connectivity index (χ4n) is 1.37. The van der Waals surface area contributed by atoms with Crippen LogP contribution in [0.1, 0.15) is 0 Å². The number of rotatable bonds is 4. The molecule has 18 heavy (non-hydrogen) atoms. The first kappa shape index (κ1) is 12.1. The number of hydrazine groups is 1. The van der Waals surface area contributed by atoms with Gasteiger partial charge in [0, 0.05) is 32.2 Å². The average molecular weight is 245 g/mol. The van der Waals surface area contributed by atoms with Crippen molar-refractivity contribution in [1.82, 2.24) is 20.0 Å². The van der Waals surface area contributed by atoms with Gasteiger partial charge in [-0.05, 0) is 12.1 Å². The molecular weight excluding hydrogens is 230 g/mol. The summed E-state index contributed by atoms with van der Waals surface area (Å²) in [7, 11) is 3.72. The molecule has 2 aromatic heterocycles. The van der Waals surface area contributed by atoms with Gasteiger partial charge in [-0.1, -0.05) is 0 Å². The molecule has 0 unspecified atom stereocenters. The van der Waals surface area contributed by atoms with Crippen molar-refractivity contribution in [2.75, 3.05) is 30.6 Å². The summed E-state index contributed by atoms with van der Waals surface area (Å²) in [6, 6.07) is 3.67. The number of pyridine rings is 1. The molecule has 2 aromatic rings. The highest BCUT2D eigenvalue weighted by atomic mass is 15.5. The van der Waals surface area contributed by atoms with Crippen molar-refractivity contribution in [3.63, 3.8) is 0 Å². The van der Waals surface area contributed by atoms with Crippen LogP contribution in [0.5, 0.6) is 0 Å². The number of aromatic nitrogens is 3. The molecule has 7 nitrogen and oxygen atoms in total. The maximum absolute atomic E-state index is 5.99.